The molecule has 2 aliphatic heterocycles. The Morgan fingerprint density at radius 1 is 1.10 bits per heavy atom. The first kappa shape index (κ1) is 15.2. The third-order valence-corrected chi connectivity index (χ3v) is 5.90. The molecular formula is C18H28N2S. The number of hydrogen-bond acceptors (Lipinski definition) is 3. The van der Waals surface area contributed by atoms with Gasteiger partial charge in [-0.25, -0.2) is 0 Å². The second-order valence-electron chi connectivity index (χ2n) is 6.81. The summed E-state index contributed by atoms with van der Waals surface area (Å²) in [5.41, 5.74) is 1.41. The first-order chi connectivity index (χ1) is 10.2. The average molecular weight is 305 g/mol. The van der Waals surface area contributed by atoms with Gasteiger partial charge >= 0.3 is 0 Å². The number of thioether (sulfide) groups is 1. The molecule has 0 amide bonds. The van der Waals surface area contributed by atoms with Gasteiger partial charge in [-0.05, 0) is 55.8 Å². The van der Waals surface area contributed by atoms with Crippen LogP contribution >= 0.6 is 11.8 Å². The van der Waals surface area contributed by atoms with E-state index in [0.29, 0.717) is 12.0 Å². The Kier molecular flexibility index (Phi) is 4.80. The van der Waals surface area contributed by atoms with Gasteiger partial charge in [0.25, 0.3) is 0 Å². The van der Waals surface area contributed by atoms with Gasteiger partial charge in [-0.3, -0.25) is 4.90 Å². The van der Waals surface area contributed by atoms with E-state index in [1.165, 1.54) is 49.5 Å². The van der Waals surface area contributed by atoms with Crippen LogP contribution in [0, 0.1) is 5.92 Å². The highest BCUT2D eigenvalue weighted by Gasteiger charge is 2.36. The van der Waals surface area contributed by atoms with E-state index in [9.17, 15) is 0 Å². The molecule has 3 rings (SSSR count). The van der Waals surface area contributed by atoms with E-state index in [1.54, 1.807) is 0 Å². The van der Waals surface area contributed by atoms with Crippen LogP contribution in [-0.4, -0.2) is 42.9 Å². The minimum atomic E-state index is 0.652. The molecule has 21 heavy (non-hydrogen) atoms. The maximum atomic E-state index is 2.75. The average Bonchev–Trinajstić information content (AvgIpc) is 2.53. The number of rotatable bonds is 3. The lowest BCUT2D eigenvalue weighted by Gasteiger charge is -2.50. The lowest BCUT2D eigenvalue weighted by Crippen LogP contribution is -2.61. The lowest BCUT2D eigenvalue weighted by atomic mass is 9.91. The highest BCUT2D eigenvalue weighted by molar-refractivity contribution is 7.98. The summed E-state index contributed by atoms with van der Waals surface area (Å²) in [5.74, 6) is 0.702. The molecule has 2 fully saturated rings. The zero-order valence-corrected chi connectivity index (χ0v) is 14.4. The number of piperidine rings is 1. The molecule has 3 heteroatoms. The maximum Gasteiger partial charge on any atom is 0.0440 e. The zero-order valence-electron chi connectivity index (χ0n) is 13.6. The number of fused-ring (bicyclic) bond motifs is 1. The molecule has 0 aromatic heterocycles. The molecule has 1 aromatic rings. The van der Waals surface area contributed by atoms with Crippen molar-refractivity contribution < 1.29 is 0 Å². The van der Waals surface area contributed by atoms with Crippen molar-refractivity contribution in [2.75, 3.05) is 30.8 Å². The molecule has 0 radical (unpaired) electrons. The fourth-order valence-electron chi connectivity index (χ4n) is 3.85. The minimum absolute atomic E-state index is 0.652. The molecule has 0 bridgehead atoms. The van der Waals surface area contributed by atoms with Crippen LogP contribution in [0.3, 0.4) is 0 Å². The van der Waals surface area contributed by atoms with Crippen molar-refractivity contribution in [2.45, 2.75) is 50.1 Å². The smallest absolute Gasteiger partial charge is 0.0440 e. The molecule has 0 aliphatic carbocycles. The van der Waals surface area contributed by atoms with Gasteiger partial charge in [0.15, 0.2) is 0 Å². The normalized spacial score (nSPS) is 27.0. The van der Waals surface area contributed by atoms with Gasteiger partial charge in [-0.15, -0.1) is 11.8 Å². The zero-order chi connectivity index (χ0) is 14.8. The van der Waals surface area contributed by atoms with Crippen molar-refractivity contribution in [3.8, 4) is 0 Å². The molecule has 2 heterocycles. The second-order valence-corrected chi connectivity index (χ2v) is 7.69. The van der Waals surface area contributed by atoms with Crippen molar-refractivity contribution in [3.63, 3.8) is 0 Å². The van der Waals surface area contributed by atoms with E-state index in [4.69, 9.17) is 0 Å². The summed E-state index contributed by atoms with van der Waals surface area (Å²) in [7, 11) is 0. The number of anilines is 1. The van der Waals surface area contributed by atoms with Crippen LogP contribution in [-0.2, 0) is 0 Å². The van der Waals surface area contributed by atoms with Gasteiger partial charge < -0.3 is 4.90 Å². The van der Waals surface area contributed by atoms with Crippen molar-refractivity contribution in [1.29, 1.82) is 0 Å². The van der Waals surface area contributed by atoms with E-state index in [-0.39, 0.29) is 0 Å². The molecule has 2 atom stereocenters. The van der Waals surface area contributed by atoms with Crippen molar-refractivity contribution in [1.82, 2.24) is 4.90 Å². The highest BCUT2D eigenvalue weighted by Crippen LogP contribution is 2.31. The first-order valence-corrected chi connectivity index (χ1v) is 9.56. The lowest BCUT2D eigenvalue weighted by molar-refractivity contribution is 0.100. The van der Waals surface area contributed by atoms with Crippen molar-refractivity contribution in [3.05, 3.63) is 24.3 Å². The summed E-state index contributed by atoms with van der Waals surface area (Å²) in [6, 6.07) is 10.6. The second kappa shape index (κ2) is 6.62. The summed E-state index contributed by atoms with van der Waals surface area (Å²) >= 11 is 1.82. The van der Waals surface area contributed by atoms with E-state index < -0.39 is 0 Å². The van der Waals surface area contributed by atoms with E-state index >= 15 is 0 Å². The van der Waals surface area contributed by atoms with Crippen LogP contribution in [0.1, 0.15) is 33.1 Å². The van der Waals surface area contributed by atoms with Gasteiger partial charge in [0.1, 0.15) is 0 Å². The SMILES string of the molecule is CSc1ccc(N2CC3CCCCN3CC2C(C)C)cc1. The number of hydrogen-bond donors (Lipinski definition) is 0. The fraction of sp³-hybridized carbons (Fsp3) is 0.667. The molecule has 116 valence electrons. The molecule has 2 nitrogen and oxygen atoms in total. The van der Waals surface area contributed by atoms with Crippen LogP contribution in [0.25, 0.3) is 0 Å². The van der Waals surface area contributed by atoms with Crippen molar-refractivity contribution in [2.24, 2.45) is 5.92 Å². The Bertz CT molecular complexity index is 457. The Balaban J connectivity index is 1.82. The fourth-order valence-corrected chi connectivity index (χ4v) is 4.26. The maximum absolute atomic E-state index is 2.75. The van der Waals surface area contributed by atoms with E-state index in [0.717, 1.165) is 6.04 Å². The number of piperazine rings is 1. The summed E-state index contributed by atoms with van der Waals surface area (Å²) in [4.78, 5) is 6.79. The third-order valence-electron chi connectivity index (χ3n) is 5.15. The Hall–Kier alpha value is -0.670. The summed E-state index contributed by atoms with van der Waals surface area (Å²) < 4.78 is 0. The molecular weight excluding hydrogens is 276 g/mol. The molecule has 1 aromatic carbocycles. The summed E-state index contributed by atoms with van der Waals surface area (Å²) in [5, 5.41) is 0. The Morgan fingerprint density at radius 3 is 2.52 bits per heavy atom. The van der Waals surface area contributed by atoms with E-state index in [2.05, 4.69) is 54.2 Å². The molecule has 0 N–H and O–H groups in total. The standard InChI is InChI=1S/C18H28N2S/c1-14(2)18-13-19-11-5-4-6-16(19)12-20(18)15-7-9-17(21-3)10-8-15/h7-10,14,16,18H,4-6,11-13H2,1-3H3. The summed E-state index contributed by atoms with van der Waals surface area (Å²) in [6.45, 7) is 8.51. The van der Waals surface area contributed by atoms with Crippen LogP contribution in [0.5, 0.6) is 0 Å². The Morgan fingerprint density at radius 2 is 1.86 bits per heavy atom. The van der Waals surface area contributed by atoms with E-state index in [1.807, 2.05) is 11.8 Å². The molecule has 2 saturated heterocycles. The summed E-state index contributed by atoms with van der Waals surface area (Å²) in [6.07, 6.45) is 6.33. The van der Waals surface area contributed by atoms with Gasteiger partial charge in [-0.1, -0.05) is 20.3 Å². The van der Waals surface area contributed by atoms with Crippen LogP contribution in [0.2, 0.25) is 0 Å². The predicted molar refractivity (Wildman–Crippen MR) is 93.4 cm³/mol. The quantitative estimate of drug-likeness (QED) is 0.776. The van der Waals surface area contributed by atoms with Crippen LogP contribution in [0.15, 0.2) is 29.2 Å². The predicted octanol–water partition coefficient (Wildman–Crippen LogP) is 4.11. The van der Waals surface area contributed by atoms with Gasteiger partial charge in [0, 0.05) is 35.8 Å². The van der Waals surface area contributed by atoms with Gasteiger partial charge in [0.2, 0.25) is 0 Å². The molecule has 0 saturated carbocycles. The number of benzene rings is 1. The third kappa shape index (κ3) is 3.24. The van der Waals surface area contributed by atoms with Gasteiger partial charge in [-0.2, -0.15) is 0 Å². The highest BCUT2D eigenvalue weighted by atomic mass is 32.2. The topological polar surface area (TPSA) is 6.48 Å². The Labute approximate surface area is 133 Å². The van der Waals surface area contributed by atoms with Crippen LogP contribution < -0.4 is 4.90 Å². The molecule has 0 spiro atoms. The monoisotopic (exact) mass is 304 g/mol. The molecule has 2 aliphatic rings. The van der Waals surface area contributed by atoms with Gasteiger partial charge in [0.05, 0.1) is 0 Å². The first-order valence-electron chi connectivity index (χ1n) is 8.34. The minimum Gasteiger partial charge on any atom is -0.365 e. The number of nitrogens with zero attached hydrogens (tertiary/aromatic N) is 2. The van der Waals surface area contributed by atoms with Crippen LogP contribution in [0.4, 0.5) is 5.69 Å². The largest absolute Gasteiger partial charge is 0.365 e. The molecule has 2 unspecified atom stereocenters. The van der Waals surface area contributed by atoms with Crippen molar-refractivity contribution >= 4 is 17.4 Å².